The number of ether oxygens (including phenoxy) is 2. The van der Waals surface area contributed by atoms with E-state index in [0.717, 1.165) is 90.3 Å². The first-order valence-corrected chi connectivity index (χ1v) is 21.7. The quantitative estimate of drug-likeness (QED) is 0.113. The van der Waals surface area contributed by atoms with Crippen LogP contribution >= 0.6 is 0 Å². The fourth-order valence-electron chi connectivity index (χ4n) is 9.19. The zero-order valence-electron chi connectivity index (χ0n) is 35.6. The number of rotatable bonds is 8. The molecule has 0 aliphatic carbocycles. The van der Waals surface area contributed by atoms with Crippen molar-refractivity contribution >= 4 is 40.5 Å². The molecule has 310 valence electrons. The maximum atomic E-state index is 6.90. The van der Waals surface area contributed by atoms with Gasteiger partial charge in [-0.25, -0.2) is 4.99 Å². The molecular weight excluding hydrogens is 797 g/mol. The van der Waals surface area contributed by atoms with Crippen molar-refractivity contribution in [3.05, 3.63) is 264 Å². The highest BCUT2D eigenvalue weighted by Gasteiger charge is 2.51. The Hall–Kier alpha value is -8.61. The molecule has 0 saturated carbocycles. The van der Waals surface area contributed by atoms with Crippen molar-refractivity contribution in [2.75, 3.05) is 11.9 Å². The van der Waals surface area contributed by atoms with Gasteiger partial charge >= 0.3 is 0 Å². The summed E-state index contributed by atoms with van der Waals surface area (Å²) in [6, 6.07) is 79.4. The smallest absolute Gasteiger partial charge is 0.155 e. The van der Waals surface area contributed by atoms with Crippen LogP contribution in [-0.4, -0.2) is 24.8 Å². The van der Waals surface area contributed by atoms with Crippen LogP contribution < -0.4 is 14.4 Å². The number of para-hydroxylation sites is 4. The van der Waals surface area contributed by atoms with E-state index in [-0.39, 0.29) is 0 Å². The second-order valence-corrected chi connectivity index (χ2v) is 15.9. The molecule has 0 N–H and O–H groups in total. The Morgan fingerprint density at radius 3 is 1.63 bits per heavy atom. The fraction of sp³-hybridized carbons (Fsp3) is 0.0339. The summed E-state index contributed by atoms with van der Waals surface area (Å²) in [6.07, 6.45) is 1.82. The van der Waals surface area contributed by atoms with E-state index >= 15 is 0 Å². The van der Waals surface area contributed by atoms with Crippen LogP contribution in [0.25, 0.3) is 11.1 Å². The van der Waals surface area contributed by atoms with Crippen molar-refractivity contribution in [2.45, 2.75) is 5.41 Å². The topological polar surface area (TPSA) is 58.8 Å². The molecule has 0 fully saturated rings. The third-order valence-corrected chi connectivity index (χ3v) is 12.1. The second kappa shape index (κ2) is 16.9. The summed E-state index contributed by atoms with van der Waals surface area (Å²) in [5, 5.41) is 0. The van der Waals surface area contributed by atoms with E-state index in [1.807, 2.05) is 85.1 Å². The summed E-state index contributed by atoms with van der Waals surface area (Å²) in [7, 11) is 1.78. The molecule has 0 amide bonds. The molecule has 9 aromatic carbocycles. The minimum atomic E-state index is -0.881. The zero-order valence-corrected chi connectivity index (χ0v) is 35.6. The van der Waals surface area contributed by atoms with E-state index in [9.17, 15) is 0 Å². The lowest BCUT2D eigenvalue weighted by atomic mass is 9.62. The predicted octanol–water partition coefficient (Wildman–Crippen LogP) is 14.7. The van der Waals surface area contributed by atoms with Crippen molar-refractivity contribution in [3.8, 4) is 34.1 Å². The average Bonchev–Trinajstić information content (AvgIpc) is 3.38. The molecular formula is C59H42N4O2. The number of nitrogens with zero attached hydrogens (tertiary/aromatic N) is 4. The van der Waals surface area contributed by atoms with Gasteiger partial charge in [0, 0.05) is 57.5 Å². The molecule has 0 aromatic heterocycles. The lowest BCUT2D eigenvalue weighted by Crippen LogP contribution is -2.37. The molecule has 0 saturated heterocycles. The largest absolute Gasteiger partial charge is 0.457 e. The zero-order chi connectivity index (χ0) is 43.6. The molecule has 2 aliphatic heterocycles. The fourth-order valence-corrected chi connectivity index (χ4v) is 9.19. The van der Waals surface area contributed by atoms with Crippen molar-refractivity contribution in [2.24, 2.45) is 15.0 Å². The molecule has 1 atom stereocenters. The number of anilines is 3. The Morgan fingerprint density at radius 1 is 0.431 bits per heavy atom. The van der Waals surface area contributed by atoms with Gasteiger partial charge in [0.15, 0.2) is 5.84 Å². The Labute approximate surface area is 378 Å². The molecule has 1 spiro atoms. The van der Waals surface area contributed by atoms with Gasteiger partial charge in [0.1, 0.15) is 23.0 Å². The van der Waals surface area contributed by atoms with E-state index in [1.165, 1.54) is 0 Å². The molecule has 6 nitrogen and oxygen atoms in total. The van der Waals surface area contributed by atoms with Crippen LogP contribution in [0.5, 0.6) is 23.0 Å². The third-order valence-electron chi connectivity index (χ3n) is 12.1. The van der Waals surface area contributed by atoms with Crippen molar-refractivity contribution in [1.82, 2.24) is 0 Å². The first kappa shape index (κ1) is 39.3. The average molecular weight is 839 g/mol. The second-order valence-electron chi connectivity index (χ2n) is 15.9. The Balaban J connectivity index is 1.13. The van der Waals surface area contributed by atoms with Gasteiger partial charge in [0.2, 0.25) is 0 Å². The number of amidine groups is 1. The first-order chi connectivity index (χ1) is 32.2. The van der Waals surface area contributed by atoms with E-state index < -0.39 is 5.41 Å². The number of aliphatic imine (C=N–C) groups is 3. The minimum absolute atomic E-state index is 0.558. The normalized spacial score (nSPS) is 15.0. The molecule has 65 heavy (non-hydrogen) atoms. The summed E-state index contributed by atoms with van der Waals surface area (Å²) in [5.41, 5.74) is 11.7. The number of fused-ring (bicyclic) bond motifs is 8. The summed E-state index contributed by atoms with van der Waals surface area (Å²) in [5.74, 6) is 3.62. The molecule has 2 heterocycles. The van der Waals surface area contributed by atoms with Crippen LogP contribution in [0.4, 0.5) is 22.7 Å². The van der Waals surface area contributed by atoms with Gasteiger partial charge in [0.05, 0.1) is 23.0 Å². The third kappa shape index (κ3) is 7.17. The van der Waals surface area contributed by atoms with Crippen molar-refractivity contribution < 1.29 is 9.47 Å². The predicted molar refractivity (Wildman–Crippen MR) is 265 cm³/mol. The monoisotopic (exact) mass is 838 g/mol. The Kier molecular flexibility index (Phi) is 10.2. The van der Waals surface area contributed by atoms with Gasteiger partial charge in [-0.15, -0.1) is 0 Å². The van der Waals surface area contributed by atoms with Gasteiger partial charge in [-0.3, -0.25) is 9.98 Å². The highest BCUT2D eigenvalue weighted by Crippen LogP contribution is 2.62. The van der Waals surface area contributed by atoms with E-state index in [4.69, 9.17) is 24.5 Å². The van der Waals surface area contributed by atoms with Crippen LogP contribution in [0, 0.1) is 0 Å². The van der Waals surface area contributed by atoms with E-state index in [2.05, 4.69) is 157 Å². The SMILES string of the molecule is C\N=C(/N=C(\C=N\c1ccccc1)c1ccccc1)c1ccc2c(c1)C1(c3ccccc3O2)c2ccccc2Oc2ccc(N(c3ccccc3)c3cccc(-c4ccccc4)c3)cc21. The van der Waals surface area contributed by atoms with Gasteiger partial charge in [0.25, 0.3) is 0 Å². The standard InChI is InChI=1S/C59H42N4O2/c1-60-58(62-53(42-21-8-3-9-22-42)40-61-45-24-10-4-11-25-45)44-33-35-56-51(38-44)59(49-29-14-16-31-54(49)64-56)50-30-15-17-32-55(50)65-57-36-34-48(39-52(57)59)63(46-26-12-5-13-27-46)47-28-18-23-43(37-47)41-19-6-2-7-20-41/h2-40H,1H3/b60-58-,61-40+,62-53+. The molecule has 0 bridgehead atoms. The molecule has 11 rings (SSSR count). The number of benzene rings is 9. The van der Waals surface area contributed by atoms with Crippen LogP contribution in [0.15, 0.2) is 245 Å². The molecule has 2 aliphatic rings. The Bertz CT molecular complexity index is 3230. The summed E-state index contributed by atoms with van der Waals surface area (Å²) >= 11 is 0. The molecule has 9 aromatic rings. The molecule has 1 unspecified atom stereocenters. The van der Waals surface area contributed by atoms with Gasteiger partial charge < -0.3 is 14.4 Å². The van der Waals surface area contributed by atoms with Gasteiger partial charge in [-0.05, 0) is 96.1 Å². The maximum Gasteiger partial charge on any atom is 0.155 e. The molecule has 6 heteroatoms. The van der Waals surface area contributed by atoms with Crippen LogP contribution in [-0.2, 0) is 5.41 Å². The van der Waals surface area contributed by atoms with Crippen molar-refractivity contribution in [3.63, 3.8) is 0 Å². The Morgan fingerprint density at radius 2 is 0.954 bits per heavy atom. The lowest BCUT2D eigenvalue weighted by molar-refractivity contribution is 0.399. The number of hydrogen-bond donors (Lipinski definition) is 0. The highest BCUT2D eigenvalue weighted by molar-refractivity contribution is 6.41. The number of hydrogen-bond acceptors (Lipinski definition) is 5. The van der Waals surface area contributed by atoms with Crippen LogP contribution in [0.2, 0.25) is 0 Å². The first-order valence-electron chi connectivity index (χ1n) is 21.7. The lowest BCUT2D eigenvalue weighted by Gasteiger charge is -2.45. The van der Waals surface area contributed by atoms with Gasteiger partial charge in [-0.2, -0.15) is 0 Å². The van der Waals surface area contributed by atoms with Crippen LogP contribution in [0.1, 0.15) is 33.4 Å². The van der Waals surface area contributed by atoms with Crippen molar-refractivity contribution in [1.29, 1.82) is 0 Å². The summed E-state index contributed by atoms with van der Waals surface area (Å²) in [6.45, 7) is 0. The highest BCUT2D eigenvalue weighted by atomic mass is 16.5. The van der Waals surface area contributed by atoms with Gasteiger partial charge in [-0.1, -0.05) is 146 Å². The summed E-state index contributed by atoms with van der Waals surface area (Å²) in [4.78, 5) is 17.2. The van der Waals surface area contributed by atoms with E-state index in [0.29, 0.717) is 11.5 Å². The molecule has 0 radical (unpaired) electrons. The maximum absolute atomic E-state index is 6.90. The van der Waals surface area contributed by atoms with Crippen LogP contribution in [0.3, 0.4) is 0 Å². The van der Waals surface area contributed by atoms with E-state index in [1.54, 1.807) is 7.05 Å². The summed E-state index contributed by atoms with van der Waals surface area (Å²) < 4.78 is 13.8. The minimum Gasteiger partial charge on any atom is -0.457 e.